The zero-order chi connectivity index (χ0) is 30.9. The number of benzene rings is 1. The van der Waals surface area contributed by atoms with E-state index in [1.807, 2.05) is 38.1 Å². The molecule has 0 spiro atoms. The van der Waals surface area contributed by atoms with Crippen LogP contribution in [-0.4, -0.2) is 31.1 Å². The lowest BCUT2D eigenvalue weighted by Crippen LogP contribution is -2.29. The minimum Gasteiger partial charge on any atom is -0.438 e. The van der Waals surface area contributed by atoms with Gasteiger partial charge < -0.3 is 4.74 Å². The number of unbranched alkanes of at least 4 members (excludes halogenated alkanes) is 9. The maximum atomic E-state index is 13.8. The predicted molar refractivity (Wildman–Crippen MR) is 183 cm³/mol. The van der Waals surface area contributed by atoms with Gasteiger partial charge in [-0.05, 0) is 61.1 Å². The summed E-state index contributed by atoms with van der Waals surface area (Å²) in [5.74, 6) is 0.892. The molecule has 4 rings (SSSR count). The van der Waals surface area contributed by atoms with Gasteiger partial charge in [-0.3, -0.25) is 18.9 Å². The van der Waals surface area contributed by atoms with E-state index in [1.165, 1.54) is 67.5 Å². The summed E-state index contributed by atoms with van der Waals surface area (Å²) in [5.41, 5.74) is 3.38. The number of amides is 1. The summed E-state index contributed by atoms with van der Waals surface area (Å²) in [4.78, 5) is 34.2. The highest BCUT2D eigenvalue weighted by atomic mass is 32.2. The Morgan fingerprint density at radius 1 is 0.977 bits per heavy atom. The van der Waals surface area contributed by atoms with E-state index in [2.05, 4.69) is 26.8 Å². The van der Waals surface area contributed by atoms with Crippen LogP contribution >= 0.6 is 24.0 Å². The normalized spacial score (nSPS) is 14.6. The fourth-order valence-electron chi connectivity index (χ4n) is 5.39. The molecule has 0 unspecified atom stereocenters. The average molecular weight is 620 g/mol. The molecular formula is C35H45N3O3S2. The van der Waals surface area contributed by atoms with Crippen LogP contribution < -0.4 is 10.3 Å². The number of hydrogen-bond acceptors (Lipinski definition) is 6. The van der Waals surface area contributed by atoms with Gasteiger partial charge in [-0.1, -0.05) is 121 Å². The average Bonchev–Trinajstić information content (AvgIpc) is 3.23. The van der Waals surface area contributed by atoms with E-state index < -0.39 is 0 Å². The zero-order valence-electron chi connectivity index (χ0n) is 26.3. The molecule has 2 aromatic heterocycles. The molecule has 0 N–H and O–H groups in total. The lowest BCUT2D eigenvalue weighted by atomic mass is 10.0. The van der Waals surface area contributed by atoms with Gasteiger partial charge in [0.15, 0.2) is 0 Å². The van der Waals surface area contributed by atoms with Crippen LogP contribution in [0.25, 0.3) is 11.7 Å². The third-order valence-corrected chi connectivity index (χ3v) is 9.31. The number of thioether (sulfide) groups is 1. The van der Waals surface area contributed by atoms with Crippen molar-refractivity contribution in [2.75, 3.05) is 6.54 Å². The van der Waals surface area contributed by atoms with Crippen molar-refractivity contribution in [3.8, 4) is 11.6 Å². The number of fused-ring (bicyclic) bond motifs is 1. The molecule has 230 valence electrons. The Morgan fingerprint density at radius 3 is 2.33 bits per heavy atom. The van der Waals surface area contributed by atoms with Crippen molar-refractivity contribution in [3.05, 3.63) is 74.0 Å². The largest absolute Gasteiger partial charge is 0.438 e. The lowest BCUT2D eigenvalue weighted by Gasteiger charge is -2.16. The van der Waals surface area contributed by atoms with E-state index in [-0.39, 0.29) is 28.8 Å². The number of pyridine rings is 1. The van der Waals surface area contributed by atoms with E-state index in [9.17, 15) is 9.59 Å². The van der Waals surface area contributed by atoms with Crippen LogP contribution in [0.2, 0.25) is 0 Å². The van der Waals surface area contributed by atoms with Gasteiger partial charge in [0.1, 0.15) is 21.3 Å². The molecule has 6 nitrogen and oxygen atoms in total. The Balaban J connectivity index is 1.54. The van der Waals surface area contributed by atoms with Gasteiger partial charge in [0.05, 0.1) is 4.91 Å². The minimum absolute atomic E-state index is 0.163. The molecule has 1 aliphatic rings. The minimum atomic E-state index is -0.289. The first-order chi connectivity index (χ1) is 20.7. The zero-order valence-corrected chi connectivity index (χ0v) is 27.9. The highest BCUT2D eigenvalue weighted by Gasteiger charge is 2.32. The highest BCUT2D eigenvalue weighted by Crippen LogP contribution is 2.36. The summed E-state index contributed by atoms with van der Waals surface area (Å²) in [6, 6.07) is 9.80. The number of carbonyl (C=O) groups excluding carboxylic acids is 1. The fourth-order valence-corrected chi connectivity index (χ4v) is 6.68. The van der Waals surface area contributed by atoms with Crippen LogP contribution in [0.5, 0.6) is 11.6 Å². The molecule has 0 atom stereocenters. The number of ether oxygens (including phenoxy) is 1. The van der Waals surface area contributed by atoms with Crippen molar-refractivity contribution in [1.82, 2.24) is 14.3 Å². The van der Waals surface area contributed by atoms with Crippen molar-refractivity contribution in [1.29, 1.82) is 0 Å². The van der Waals surface area contributed by atoms with Crippen molar-refractivity contribution >= 4 is 45.9 Å². The lowest BCUT2D eigenvalue weighted by molar-refractivity contribution is -0.122. The van der Waals surface area contributed by atoms with Gasteiger partial charge in [0.2, 0.25) is 5.88 Å². The second-order valence-corrected chi connectivity index (χ2v) is 13.5. The highest BCUT2D eigenvalue weighted by molar-refractivity contribution is 8.26. The fraction of sp³-hybridized carbons (Fsp3) is 0.486. The van der Waals surface area contributed by atoms with Gasteiger partial charge in [0, 0.05) is 12.7 Å². The Labute approximate surface area is 265 Å². The van der Waals surface area contributed by atoms with Gasteiger partial charge in [-0.25, -0.2) is 0 Å². The summed E-state index contributed by atoms with van der Waals surface area (Å²) < 4.78 is 8.47. The summed E-state index contributed by atoms with van der Waals surface area (Å²) in [7, 11) is 0. The first kappa shape index (κ1) is 32.9. The van der Waals surface area contributed by atoms with Crippen molar-refractivity contribution in [3.63, 3.8) is 0 Å². The molecule has 0 radical (unpaired) electrons. The molecule has 0 bridgehead atoms. The quantitative estimate of drug-likeness (QED) is 0.0960. The third kappa shape index (κ3) is 8.36. The number of rotatable bonds is 15. The molecular weight excluding hydrogens is 575 g/mol. The maximum absolute atomic E-state index is 13.8. The Hall–Kier alpha value is -2.97. The van der Waals surface area contributed by atoms with Crippen molar-refractivity contribution < 1.29 is 9.53 Å². The van der Waals surface area contributed by atoms with Gasteiger partial charge in [-0.2, -0.15) is 4.98 Å². The van der Waals surface area contributed by atoms with Crippen LogP contribution in [0, 0.1) is 13.8 Å². The Bertz CT molecular complexity index is 1540. The summed E-state index contributed by atoms with van der Waals surface area (Å²) >= 11 is 6.84. The molecule has 3 heterocycles. The molecule has 0 saturated carbocycles. The Kier molecular flexibility index (Phi) is 12.0. The van der Waals surface area contributed by atoms with Crippen molar-refractivity contribution in [2.45, 2.75) is 105 Å². The standard InChI is InChI=1S/C35H45N3O3S2/c1-6-7-8-9-10-11-12-13-14-15-20-38-34(40)30(43-35(38)42)23-28-32(36-31-26(5)17-16-21-37(31)33(28)39)41-29-22-25(4)18-19-27(29)24(2)3/h16-19,21-24H,6-15,20H2,1-5H3/b30-23+. The number of aromatic nitrogens is 2. The number of thiocarbonyl (C=S) groups is 1. The molecule has 3 aromatic rings. The third-order valence-electron chi connectivity index (χ3n) is 7.93. The second-order valence-electron chi connectivity index (χ2n) is 11.8. The molecule has 0 aliphatic carbocycles. The summed E-state index contributed by atoms with van der Waals surface area (Å²) in [5, 5.41) is 0. The SMILES string of the molecule is CCCCCCCCCCCCN1C(=O)/C(=C\c2c(Oc3cc(C)ccc3C(C)C)nc3c(C)cccn3c2=O)SC1=S. The van der Waals surface area contributed by atoms with Crippen LogP contribution in [0.4, 0.5) is 0 Å². The predicted octanol–water partition coefficient (Wildman–Crippen LogP) is 9.35. The van der Waals surface area contributed by atoms with E-state index in [0.717, 1.165) is 29.5 Å². The van der Waals surface area contributed by atoms with Crippen LogP contribution in [0.15, 0.2) is 46.2 Å². The topological polar surface area (TPSA) is 63.9 Å². The molecule has 1 fully saturated rings. The molecule has 1 aliphatic heterocycles. The maximum Gasteiger partial charge on any atom is 0.269 e. The molecule has 1 aromatic carbocycles. The van der Waals surface area contributed by atoms with E-state index in [0.29, 0.717) is 27.2 Å². The van der Waals surface area contributed by atoms with Crippen molar-refractivity contribution in [2.24, 2.45) is 0 Å². The van der Waals surface area contributed by atoms with Crippen LogP contribution in [0.3, 0.4) is 0 Å². The number of aryl methyl sites for hydroxylation is 2. The first-order valence-electron chi connectivity index (χ1n) is 15.8. The molecule has 8 heteroatoms. The van der Waals surface area contributed by atoms with Gasteiger partial charge in [0.25, 0.3) is 11.5 Å². The number of hydrogen-bond donors (Lipinski definition) is 0. The van der Waals surface area contributed by atoms with E-state index >= 15 is 0 Å². The number of carbonyl (C=O) groups is 1. The molecule has 1 amide bonds. The second kappa shape index (κ2) is 15.7. The molecule has 1 saturated heterocycles. The Morgan fingerprint density at radius 2 is 1.65 bits per heavy atom. The van der Waals surface area contributed by atoms with Gasteiger partial charge >= 0.3 is 0 Å². The first-order valence-corrected chi connectivity index (χ1v) is 17.0. The monoisotopic (exact) mass is 619 g/mol. The van der Waals surface area contributed by atoms with Crippen LogP contribution in [-0.2, 0) is 4.79 Å². The molecule has 43 heavy (non-hydrogen) atoms. The summed E-state index contributed by atoms with van der Waals surface area (Å²) in [6.07, 6.45) is 15.6. The van der Waals surface area contributed by atoms with E-state index in [1.54, 1.807) is 17.2 Å². The van der Waals surface area contributed by atoms with Gasteiger partial charge in [-0.15, -0.1) is 0 Å². The summed E-state index contributed by atoms with van der Waals surface area (Å²) in [6.45, 7) is 11.0. The van der Waals surface area contributed by atoms with Crippen LogP contribution in [0.1, 0.15) is 113 Å². The van der Waals surface area contributed by atoms with E-state index in [4.69, 9.17) is 21.9 Å². The smallest absolute Gasteiger partial charge is 0.269 e. The number of nitrogens with zero attached hydrogens (tertiary/aromatic N) is 3.